The highest BCUT2D eigenvalue weighted by atomic mass is 32.2. The second-order valence-corrected chi connectivity index (χ2v) is 7.39. The zero-order valence-electron chi connectivity index (χ0n) is 11.1. The number of rotatable bonds is 3. The van der Waals surface area contributed by atoms with Crippen LogP contribution in [0.15, 0.2) is 18.7 Å². The van der Waals surface area contributed by atoms with Gasteiger partial charge in [-0.05, 0) is 6.92 Å². The average Bonchev–Trinajstić information content (AvgIpc) is 3.00. The summed E-state index contributed by atoms with van der Waals surface area (Å²) in [4.78, 5) is 21.9. The predicted molar refractivity (Wildman–Crippen MR) is 72.4 cm³/mol. The molecule has 0 aliphatic carbocycles. The molecule has 3 rings (SSSR count). The molecule has 0 saturated carbocycles. The molecule has 0 unspecified atom stereocenters. The lowest BCUT2D eigenvalue weighted by molar-refractivity contribution is -0.120. The van der Waals surface area contributed by atoms with Crippen LogP contribution in [0.2, 0.25) is 0 Å². The van der Waals surface area contributed by atoms with Crippen molar-refractivity contribution in [3.8, 4) is 0 Å². The molecule has 2 saturated heterocycles. The van der Waals surface area contributed by atoms with Crippen molar-refractivity contribution in [3.63, 3.8) is 0 Å². The van der Waals surface area contributed by atoms with Crippen LogP contribution in [0.4, 0.5) is 5.69 Å². The van der Waals surface area contributed by atoms with E-state index in [9.17, 15) is 13.2 Å². The topological polar surface area (TPSA) is 83.5 Å². The first-order valence-electron chi connectivity index (χ1n) is 6.57. The van der Waals surface area contributed by atoms with E-state index in [0.29, 0.717) is 25.3 Å². The van der Waals surface area contributed by atoms with E-state index in [1.807, 2.05) is 0 Å². The predicted octanol–water partition coefficient (Wildman–Crippen LogP) is -0.279. The molecule has 20 heavy (non-hydrogen) atoms. The number of carbonyl (C=O) groups excluding carboxylic acids is 1. The van der Waals surface area contributed by atoms with Crippen LogP contribution in [0.5, 0.6) is 0 Å². The van der Waals surface area contributed by atoms with Crippen molar-refractivity contribution >= 4 is 21.6 Å². The summed E-state index contributed by atoms with van der Waals surface area (Å²) in [6, 6.07) is 0. The number of fused-ring (bicyclic) bond motifs is 1. The Hall–Kier alpha value is -1.54. The molecule has 3 heterocycles. The van der Waals surface area contributed by atoms with Gasteiger partial charge >= 0.3 is 0 Å². The van der Waals surface area contributed by atoms with E-state index < -0.39 is 10.0 Å². The highest BCUT2D eigenvalue weighted by Gasteiger charge is 2.49. The van der Waals surface area contributed by atoms with Crippen LogP contribution in [0, 0.1) is 11.8 Å². The number of hydrogen-bond acceptors (Lipinski definition) is 5. The maximum atomic E-state index is 12.4. The molecule has 1 amide bonds. The molecule has 108 valence electrons. The average molecular weight is 296 g/mol. The molecule has 7 nitrogen and oxygen atoms in total. The van der Waals surface area contributed by atoms with Crippen molar-refractivity contribution in [2.75, 3.05) is 30.3 Å². The molecule has 2 atom stereocenters. The van der Waals surface area contributed by atoms with Crippen LogP contribution < -0.4 is 4.90 Å². The van der Waals surface area contributed by atoms with Crippen molar-refractivity contribution in [3.05, 3.63) is 18.7 Å². The van der Waals surface area contributed by atoms with E-state index in [4.69, 9.17) is 0 Å². The number of nitrogens with zero attached hydrogens (tertiary/aromatic N) is 4. The molecular weight excluding hydrogens is 280 g/mol. The minimum absolute atomic E-state index is 0.0291. The Morgan fingerprint density at radius 2 is 1.95 bits per heavy atom. The van der Waals surface area contributed by atoms with Crippen molar-refractivity contribution in [2.45, 2.75) is 6.92 Å². The smallest absolute Gasteiger partial charge is 0.231 e. The summed E-state index contributed by atoms with van der Waals surface area (Å²) in [6.45, 7) is 2.88. The lowest BCUT2D eigenvalue weighted by atomic mass is 10.0. The molecule has 0 bridgehead atoms. The molecule has 2 aliphatic rings. The maximum absolute atomic E-state index is 12.4. The van der Waals surface area contributed by atoms with Gasteiger partial charge in [0.1, 0.15) is 6.33 Å². The van der Waals surface area contributed by atoms with Gasteiger partial charge in [-0.2, -0.15) is 0 Å². The second kappa shape index (κ2) is 4.78. The van der Waals surface area contributed by atoms with E-state index in [1.54, 1.807) is 24.2 Å². The number of sulfonamides is 1. The van der Waals surface area contributed by atoms with Crippen molar-refractivity contribution in [1.82, 2.24) is 14.3 Å². The van der Waals surface area contributed by atoms with E-state index in [2.05, 4.69) is 9.97 Å². The molecule has 2 fully saturated rings. The Bertz CT molecular complexity index is 619. The van der Waals surface area contributed by atoms with Gasteiger partial charge in [-0.1, -0.05) is 0 Å². The summed E-state index contributed by atoms with van der Waals surface area (Å²) >= 11 is 0. The fourth-order valence-electron chi connectivity index (χ4n) is 2.89. The lowest BCUT2D eigenvalue weighted by Gasteiger charge is -2.20. The molecule has 1 aromatic rings. The number of carbonyl (C=O) groups is 1. The zero-order chi connectivity index (χ0) is 14.3. The normalized spacial score (nSPS) is 27.1. The van der Waals surface area contributed by atoms with Crippen molar-refractivity contribution < 1.29 is 13.2 Å². The summed E-state index contributed by atoms with van der Waals surface area (Å²) in [6.07, 6.45) is 4.62. The molecular formula is C12H16N4O3S. The Balaban J connectivity index is 1.78. The highest BCUT2D eigenvalue weighted by molar-refractivity contribution is 7.89. The third kappa shape index (κ3) is 2.08. The van der Waals surface area contributed by atoms with E-state index in [0.717, 1.165) is 0 Å². The summed E-state index contributed by atoms with van der Waals surface area (Å²) in [5.41, 5.74) is 0.678. The van der Waals surface area contributed by atoms with E-state index >= 15 is 0 Å². The fourth-order valence-corrected chi connectivity index (χ4v) is 4.07. The Labute approximate surface area is 117 Å². The van der Waals surface area contributed by atoms with Crippen LogP contribution in [-0.4, -0.2) is 54.0 Å². The fraction of sp³-hybridized carbons (Fsp3) is 0.583. The highest BCUT2D eigenvalue weighted by Crippen LogP contribution is 2.35. The molecule has 1 aromatic heterocycles. The Morgan fingerprint density at radius 3 is 2.55 bits per heavy atom. The third-order valence-corrected chi connectivity index (χ3v) is 5.84. The minimum atomic E-state index is -3.21. The first-order chi connectivity index (χ1) is 9.53. The zero-order valence-corrected chi connectivity index (χ0v) is 12.0. The molecule has 0 aromatic carbocycles. The van der Waals surface area contributed by atoms with Crippen LogP contribution in [0.3, 0.4) is 0 Å². The largest absolute Gasteiger partial charge is 0.309 e. The van der Waals surface area contributed by atoms with Crippen molar-refractivity contribution in [2.24, 2.45) is 11.8 Å². The lowest BCUT2D eigenvalue weighted by Crippen LogP contribution is -2.36. The summed E-state index contributed by atoms with van der Waals surface area (Å²) in [5, 5.41) is 0. The number of hydrogen-bond donors (Lipinski definition) is 0. The van der Waals surface area contributed by atoms with E-state index in [-0.39, 0.29) is 23.5 Å². The molecule has 2 aliphatic heterocycles. The monoisotopic (exact) mass is 296 g/mol. The van der Waals surface area contributed by atoms with Gasteiger partial charge in [0.15, 0.2) is 0 Å². The Morgan fingerprint density at radius 1 is 1.25 bits per heavy atom. The van der Waals surface area contributed by atoms with Crippen LogP contribution >= 0.6 is 0 Å². The maximum Gasteiger partial charge on any atom is 0.231 e. The number of amides is 1. The standard InChI is InChI=1S/C12H16N4O3S/c1-2-20(18,19)15-5-9-6-16(12(17)11(9)7-15)10-3-13-8-14-4-10/h3-4,8-9,11H,2,5-7H2,1H3/t9-,11-/m0/s1. The first-order valence-corrected chi connectivity index (χ1v) is 8.18. The molecule has 0 spiro atoms. The molecule has 0 radical (unpaired) electrons. The van der Waals surface area contributed by atoms with Gasteiger partial charge in [-0.3, -0.25) is 4.79 Å². The van der Waals surface area contributed by atoms with Gasteiger partial charge in [0.25, 0.3) is 0 Å². The Kier molecular flexibility index (Phi) is 3.21. The SMILES string of the molecule is CCS(=O)(=O)N1C[C@H]2CN(c3cncnc3)C(=O)[C@H]2C1. The van der Waals surface area contributed by atoms with Gasteiger partial charge in [0, 0.05) is 25.6 Å². The van der Waals surface area contributed by atoms with Gasteiger partial charge in [-0.15, -0.1) is 0 Å². The third-order valence-electron chi connectivity index (χ3n) is 4.02. The molecule has 8 heteroatoms. The minimum Gasteiger partial charge on any atom is -0.309 e. The first kappa shape index (κ1) is 13.4. The summed E-state index contributed by atoms with van der Waals surface area (Å²) in [7, 11) is -3.21. The van der Waals surface area contributed by atoms with Crippen LogP contribution in [0.25, 0.3) is 0 Å². The van der Waals surface area contributed by atoms with Crippen molar-refractivity contribution in [1.29, 1.82) is 0 Å². The summed E-state index contributed by atoms with van der Waals surface area (Å²) in [5.74, 6) is -0.129. The molecule has 0 N–H and O–H groups in total. The summed E-state index contributed by atoms with van der Waals surface area (Å²) < 4.78 is 25.2. The van der Waals surface area contributed by atoms with Crippen LogP contribution in [-0.2, 0) is 14.8 Å². The quantitative estimate of drug-likeness (QED) is 0.766. The number of anilines is 1. The van der Waals surface area contributed by atoms with Gasteiger partial charge < -0.3 is 4.90 Å². The van der Waals surface area contributed by atoms with Crippen LogP contribution in [0.1, 0.15) is 6.92 Å². The number of aromatic nitrogens is 2. The van der Waals surface area contributed by atoms with Gasteiger partial charge in [-0.25, -0.2) is 22.7 Å². The van der Waals surface area contributed by atoms with Gasteiger partial charge in [0.05, 0.1) is 29.8 Å². The van der Waals surface area contributed by atoms with E-state index in [1.165, 1.54) is 10.6 Å². The van der Waals surface area contributed by atoms with Gasteiger partial charge in [0.2, 0.25) is 15.9 Å². The second-order valence-electron chi connectivity index (χ2n) is 5.13.